The topological polar surface area (TPSA) is 72.9 Å². The summed E-state index contributed by atoms with van der Waals surface area (Å²) in [6.45, 7) is 0.627. The Kier molecular flexibility index (Phi) is 5.85. The summed E-state index contributed by atoms with van der Waals surface area (Å²) in [7, 11) is -1.94. The Morgan fingerprint density at radius 3 is 2.33 bits per heavy atom. The molecule has 3 aromatic carbocycles. The molecule has 0 saturated carbocycles. The molecule has 2 aliphatic rings. The van der Waals surface area contributed by atoms with E-state index in [4.69, 9.17) is 9.47 Å². The molecule has 0 atom stereocenters. The number of benzene rings is 3. The zero-order chi connectivity index (χ0) is 23.0. The lowest BCUT2D eigenvalue weighted by atomic mass is 9.98. The number of rotatable bonds is 5. The van der Waals surface area contributed by atoms with Crippen LogP contribution in [0.15, 0.2) is 59.5 Å². The fourth-order valence-electron chi connectivity index (χ4n) is 4.78. The molecule has 1 fully saturated rings. The van der Waals surface area contributed by atoms with Crippen LogP contribution in [0.4, 0.5) is 0 Å². The first-order valence-electron chi connectivity index (χ1n) is 11.4. The maximum Gasteiger partial charge on any atom is 0.314 e. The molecule has 0 aromatic heterocycles. The number of esters is 1. The lowest BCUT2D eigenvalue weighted by molar-refractivity contribution is -0.140. The van der Waals surface area contributed by atoms with E-state index >= 15 is 0 Å². The van der Waals surface area contributed by atoms with Gasteiger partial charge < -0.3 is 9.47 Å². The number of hydrogen-bond acceptors (Lipinski definition) is 5. The van der Waals surface area contributed by atoms with Gasteiger partial charge in [0.1, 0.15) is 11.5 Å². The van der Waals surface area contributed by atoms with E-state index in [2.05, 4.69) is 0 Å². The molecule has 0 N–H and O–H groups in total. The van der Waals surface area contributed by atoms with Gasteiger partial charge >= 0.3 is 5.97 Å². The van der Waals surface area contributed by atoms with Gasteiger partial charge in [-0.2, -0.15) is 4.31 Å². The van der Waals surface area contributed by atoms with Gasteiger partial charge in [-0.3, -0.25) is 4.79 Å². The number of ether oxygens (including phenoxy) is 2. The lowest BCUT2D eigenvalue weighted by Gasteiger charge is -2.30. The molecular weight excluding hydrogens is 438 g/mol. The second-order valence-corrected chi connectivity index (χ2v) is 10.7. The first-order valence-corrected chi connectivity index (χ1v) is 12.8. The Morgan fingerprint density at radius 2 is 1.58 bits per heavy atom. The molecule has 0 bridgehead atoms. The first kappa shape index (κ1) is 21.9. The zero-order valence-electron chi connectivity index (χ0n) is 18.6. The van der Waals surface area contributed by atoms with E-state index in [9.17, 15) is 13.2 Å². The minimum absolute atomic E-state index is 0.313. The van der Waals surface area contributed by atoms with Crippen LogP contribution in [0.5, 0.6) is 11.5 Å². The highest BCUT2D eigenvalue weighted by atomic mass is 32.2. The highest BCUT2D eigenvalue weighted by Crippen LogP contribution is 2.30. The highest BCUT2D eigenvalue weighted by Gasteiger charge is 2.33. The minimum atomic E-state index is -3.55. The van der Waals surface area contributed by atoms with Crippen molar-refractivity contribution in [3.8, 4) is 11.5 Å². The normalized spacial score (nSPS) is 17.1. The van der Waals surface area contributed by atoms with Gasteiger partial charge in [-0.25, -0.2) is 8.42 Å². The van der Waals surface area contributed by atoms with Crippen molar-refractivity contribution in [1.29, 1.82) is 0 Å². The summed E-state index contributed by atoms with van der Waals surface area (Å²) in [5, 5.41) is 1.95. The van der Waals surface area contributed by atoms with E-state index < -0.39 is 10.0 Å². The number of aryl methyl sites for hydroxylation is 2. The molecular formula is C26H27NO5S. The van der Waals surface area contributed by atoms with Gasteiger partial charge in [0.05, 0.1) is 17.9 Å². The molecule has 7 heteroatoms. The van der Waals surface area contributed by atoms with Crippen LogP contribution in [0.3, 0.4) is 0 Å². The standard InChI is InChI=1S/C26H27NO5S/c1-31-23-8-5-19-6-9-24(16-22(19)15-23)32-26(28)20-11-13-27(14-12-20)33(29,30)25-10-7-18-3-2-4-21(18)17-25/h5-10,15-17,20H,2-4,11-14H2,1H3. The molecule has 3 aromatic rings. The molecule has 33 heavy (non-hydrogen) atoms. The number of methoxy groups -OCH3 is 1. The Balaban J connectivity index is 1.23. The van der Waals surface area contributed by atoms with Crippen molar-refractivity contribution in [3.63, 3.8) is 0 Å². The molecule has 1 aliphatic heterocycles. The SMILES string of the molecule is COc1ccc2ccc(OC(=O)C3CCN(S(=O)(=O)c4ccc5c(c4)CCC5)CC3)cc2c1. The molecule has 1 saturated heterocycles. The summed E-state index contributed by atoms with van der Waals surface area (Å²) in [6.07, 6.45) is 3.94. The number of carbonyl (C=O) groups excluding carboxylic acids is 1. The Labute approximate surface area is 194 Å². The van der Waals surface area contributed by atoms with E-state index in [1.165, 1.54) is 9.87 Å². The van der Waals surface area contributed by atoms with Crippen LogP contribution < -0.4 is 9.47 Å². The van der Waals surface area contributed by atoms with Gasteiger partial charge in [-0.15, -0.1) is 0 Å². The van der Waals surface area contributed by atoms with E-state index in [0.29, 0.717) is 36.6 Å². The average Bonchev–Trinajstić information content (AvgIpc) is 3.31. The molecule has 172 valence electrons. The molecule has 5 rings (SSSR count). The smallest absolute Gasteiger partial charge is 0.314 e. The third-order valence-corrected chi connectivity index (χ3v) is 8.63. The third-order valence-electron chi connectivity index (χ3n) is 6.73. The van der Waals surface area contributed by atoms with Crippen LogP contribution in [0.2, 0.25) is 0 Å². The summed E-state index contributed by atoms with van der Waals surface area (Å²) in [5.74, 6) is 0.584. The van der Waals surface area contributed by atoms with Crippen molar-refractivity contribution in [2.45, 2.75) is 37.0 Å². The molecule has 0 amide bonds. The van der Waals surface area contributed by atoms with Crippen LogP contribution >= 0.6 is 0 Å². The first-order chi connectivity index (χ1) is 15.9. The van der Waals surface area contributed by atoms with Crippen LogP contribution in [0.25, 0.3) is 10.8 Å². The Morgan fingerprint density at radius 1 is 0.879 bits per heavy atom. The van der Waals surface area contributed by atoms with Gasteiger partial charge in [-0.05, 0) is 90.4 Å². The third kappa shape index (κ3) is 4.35. The van der Waals surface area contributed by atoms with Crippen molar-refractivity contribution >= 4 is 26.8 Å². The summed E-state index contributed by atoms with van der Waals surface area (Å²) >= 11 is 0. The lowest BCUT2D eigenvalue weighted by Crippen LogP contribution is -2.41. The molecule has 0 spiro atoms. The van der Waals surface area contributed by atoms with Crippen LogP contribution in [0.1, 0.15) is 30.4 Å². The molecule has 6 nitrogen and oxygen atoms in total. The molecule has 1 aliphatic carbocycles. The Bertz CT molecular complexity index is 1310. The number of hydrogen-bond donors (Lipinski definition) is 0. The summed E-state index contributed by atoms with van der Waals surface area (Å²) in [5.41, 5.74) is 2.39. The molecule has 0 radical (unpaired) electrons. The quantitative estimate of drug-likeness (QED) is 0.414. The van der Waals surface area contributed by atoms with Crippen molar-refractivity contribution in [2.24, 2.45) is 5.92 Å². The predicted molar refractivity (Wildman–Crippen MR) is 126 cm³/mol. The van der Waals surface area contributed by atoms with Crippen LogP contribution in [-0.4, -0.2) is 38.9 Å². The maximum atomic E-state index is 13.1. The monoisotopic (exact) mass is 465 g/mol. The highest BCUT2D eigenvalue weighted by molar-refractivity contribution is 7.89. The van der Waals surface area contributed by atoms with Crippen molar-refractivity contribution < 1.29 is 22.7 Å². The minimum Gasteiger partial charge on any atom is -0.497 e. The number of carbonyl (C=O) groups is 1. The van der Waals surface area contributed by atoms with Crippen molar-refractivity contribution in [1.82, 2.24) is 4.31 Å². The number of nitrogens with zero attached hydrogens (tertiary/aromatic N) is 1. The van der Waals surface area contributed by atoms with Crippen LogP contribution in [-0.2, 0) is 27.7 Å². The fraction of sp³-hybridized carbons (Fsp3) is 0.346. The van der Waals surface area contributed by atoms with Gasteiger partial charge in [0, 0.05) is 13.1 Å². The summed E-state index contributed by atoms with van der Waals surface area (Å²) < 4.78 is 38.7. The Hall–Kier alpha value is -2.90. The second-order valence-electron chi connectivity index (χ2n) is 8.76. The summed E-state index contributed by atoms with van der Waals surface area (Å²) in [6, 6.07) is 16.7. The predicted octanol–water partition coefficient (Wildman–Crippen LogP) is 4.34. The molecule has 0 unspecified atom stereocenters. The van der Waals surface area contributed by atoms with Gasteiger partial charge in [-0.1, -0.05) is 18.2 Å². The number of sulfonamides is 1. The largest absolute Gasteiger partial charge is 0.497 e. The van der Waals surface area contributed by atoms with Gasteiger partial charge in [0.15, 0.2) is 0 Å². The summed E-state index contributed by atoms with van der Waals surface area (Å²) in [4.78, 5) is 13.1. The fourth-order valence-corrected chi connectivity index (χ4v) is 6.30. The van der Waals surface area contributed by atoms with E-state index in [-0.39, 0.29) is 11.9 Å². The number of fused-ring (bicyclic) bond motifs is 2. The maximum absolute atomic E-state index is 13.1. The molecule has 1 heterocycles. The van der Waals surface area contributed by atoms with E-state index in [1.807, 2.05) is 42.5 Å². The van der Waals surface area contributed by atoms with E-state index in [0.717, 1.165) is 41.3 Å². The van der Waals surface area contributed by atoms with Crippen molar-refractivity contribution in [2.75, 3.05) is 20.2 Å². The van der Waals surface area contributed by atoms with Gasteiger partial charge in [0.2, 0.25) is 10.0 Å². The second kappa shape index (κ2) is 8.80. The van der Waals surface area contributed by atoms with Gasteiger partial charge in [0.25, 0.3) is 0 Å². The van der Waals surface area contributed by atoms with Crippen LogP contribution in [0, 0.1) is 5.92 Å². The average molecular weight is 466 g/mol. The number of piperidine rings is 1. The van der Waals surface area contributed by atoms with Crippen molar-refractivity contribution in [3.05, 3.63) is 65.7 Å². The zero-order valence-corrected chi connectivity index (χ0v) is 19.4. The van der Waals surface area contributed by atoms with E-state index in [1.54, 1.807) is 19.2 Å².